The SMILES string of the molecule is O=S(=O)(N1CCCC1)N1CCN(Cc2ccc(C3CCCO3)s2)CC1. The summed E-state index contributed by atoms with van der Waals surface area (Å²) < 4.78 is 34.3. The van der Waals surface area contributed by atoms with Gasteiger partial charge in [-0.15, -0.1) is 11.3 Å². The van der Waals surface area contributed by atoms with Gasteiger partial charge in [0.1, 0.15) is 0 Å². The summed E-state index contributed by atoms with van der Waals surface area (Å²) in [6.07, 6.45) is 4.56. The van der Waals surface area contributed by atoms with Crippen LogP contribution in [0, 0.1) is 0 Å². The Bertz CT molecular complexity index is 671. The molecule has 3 saturated heterocycles. The van der Waals surface area contributed by atoms with Gasteiger partial charge in [-0.25, -0.2) is 0 Å². The third-order valence-electron chi connectivity index (χ3n) is 5.36. The number of ether oxygens (including phenoxy) is 1. The van der Waals surface area contributed by atoms with E-state index in [1.54, 1.807) is 8.61 Å². The van der Waals surface area contributed by atoms with Gasteiger partial charge in [-0.3, -0.25) is 4.90 Å². The third kappa shape index (κ3) is 3.94. The van der Waals surface area contributed by atoms with Crippen molar-refractivity contribution >= 4 is 21.5 Å². The second-order valence-electron chi connectivity index (χ2n) is 7.09. The summed E-state index contributed by atoms with van der Waals surface area (Å²) in [5.74, 6) is 0. The van der Waals surface area contributed by atoms with E-state index in [4.69, 9.17) is 4.74 Å². The molecule has 0 spiro atoms. The van der Waals surface area contributed by atoms with Gasteiger partial charge in [-0.1, -0.05) is 0 Å². The summed E-state index contributed by atoms with van der Waals surface area (Å²) in [6, 6.07) is 4.40. The molecule has 6 nitrogen and oxygen atoms in total. The summed E-state index contributed by atoms with van der Waals surface area (Å²) in [4.78, 5) is 5.05. The van der Waals surface area contributed by atoms with Crippen molar-refractivity contribution in [2.75, 3.05) is 45.9 Å². The smallest absolute Gasteiger partial charge is 0.282 e. The molecule has 1 aromatic heterocycles. The zero-order chi connectivity index (χ0) is 17.3. The van der Waals surface area contributed by atoms with Crippen molar-refractivity contribution < 1.29 is 13.2 Å². The number of rotatable bonds is 5. The summed E-state index contributed by atoms with van der Waals surface area (Å²) in [5, 5.41) is 0. The number of piperazine rings is 1. The number of nitrogens with zero attached hydrogens (tertiary/aromatic N) is 3. The molecule has 1 unspecified atom stereocenters. The summed E-state index contributed by atoms with van der Waals surface area (Å²) in [7, 11) is -3.24. The molecule has 0 N–H and O–H groups in total. The van der Waals surface area contributed by atoms with Gasteiger partial charge >= 0.3 is 0 Å². The van der Waals surface area contributed by atoms with Crippen LogP contribution >= 0.6 is 11.3 Å². The van der Waals surface area contributed by atoms with Gasteiger partial charge in [0.2, 0.25) is 0 Å². The summed E-state index contributed by atoms with van der Waals surface area (Å²) >= 11 is 1.84. The van der Waals surface area contributed by atoms with Gasteiger partial charge in [-0.2, -0.15) is 17.0 Å². The minimum absolute atomic E-state index is 0.293. The minimum atomic E-state index is -3.24. The monoisotopic (exact) mass is 385 g/mol. The quantitative estimate of drug-likeness (QED) is 0.779. The van der Waals surface area contributed by atoms with Crippen molar-refractivity contribution in [3.63, 3.8) is 0 Å². The lowest BCUT2D eigenvalue weighted by atomic mass is 10.2. The highest BCUT2D eigenvalue weighted by atomic mass is 32.2. The van der Waals surface area contributed by atoms with Gasteiger partial charge in [0.15, 0.2) is 0 Å². The zero-order valence-corrected chi connectivity index (χ0v) is 16.2. The van der Waals surface area contributed by atoms with Crippen LogP contribution in [0.15, 0.2) is 12.1 Å². The average molecular weight is 386 g/mol. The van der Waals surface area contributed by atoms with Crippen LogP contribution in [0.2, 0.25) is 0 Å². The van der Waals surface area contributed by atoms with Crippen LogP contribution in [0.1, 0.15) is 41.5 Å². The molecule has 0 amide bonds. The highest BCUT2D eigenvalue weighted by Gasteiger charge is 2.33. The fraction of sp³-hybridized carbons (Fsp3) is 0.765. The second-order valence-corrected chi connectivity index (χ2v) is 10.2. The number of hydrogen-bond acceptors (Lipinski definition) is 5. The second kappa shape index (κ2) is 7.62. The molecule has 4 heterocycles. The lowest BCUT2D eigenvalue weighted by molar-refractivity contribution is 0.114. The van der Waals surface area contributed by atoms with Crippen LogP contribution in [-0.2, 0) is 21.5 Å². The van der Waals surface area contributed by atoms with Gasteiger partial charge < -0.3 is 4.74 Å². The summed E-state index contributed by atoms with van der Waals surface area (Å²) in [5.41, 5.74) is 0. The van der Waals surface area contributed by atoms with Gasteiger partial charge in [0, 0.05) is 62.2 Å². The van der Waals surface area contributed by atoms with Gasteiger partial charge in [-0.05, 0) is 37.8 Å². The van der Waals surface area contributed by atoms with Crippen molar-refractivity contribution in [2.24, 2.45) is 0 Å². The van der Waals surface area contributed by atoms with Gasteiger partial charge in [0.05, 0.1) is 6.10 Å². The van der Waals surface area contributed by atoms with Crippen LogP contribution in [0.4, 0.5) is 0 Å². The Morgan fingerprint density at radius 3 is 2.40 bits per heavy atom. The van der Waals surface area contributed by atoms with Crippen LogP contribution in [0.25, 0.3) is 0 Å². The fourth-order valence-corrected chi connectivity index (χ4v) is 6.69. The minimum Gasteiger partial charge on any atom is -0.373 e. The molecule has 4 rings (SSSR count). The molecular formula is C17H27N3O3S2. The van der Waals surface area contributed by atoms with E-state index in [0.29, 0.717) is 32.3 Å². The molecular weight excluding hydrogens is 358 g/mol. The van der Waals surface area contributed by atoms with E-state index in [0.717, 1.165) is 51.9 Å². The predicted molar refractivity (Wildman–Crippen MR) is 98.8 cm³/mol. The van der Waals surface area contributed by atoms with Crippen molar-refractivity contribution in [3.8, 4) is 0 Å². The van der Waals surface area contributed by atoms with E-state index < -0.39 is 10.2 Å². The molecule has 0 aliphatic carbocycles. The van der Waals surface area contributed by atoms with Crippen molar-refractivity contribution in [2.45, 2.75) is 38.3 Å². The maximum absolute atomic E-state index is 12.6. The number of thiophene rings is 1. The maximum atomic E-state index is 12.6. The van der Waals surface area contributed by atoms with E-state index >= 15 is 0 Å². The lowest BCUT2D eigenvalue weighted by Crippen LogP contribution is -2.52. The molecule has 1 aromatic rings. The Balaban J connectivity index is 1.30. The molecule has 3 aliphatic rings. The normalized spacial score (nSPS) is 27.3. The Labute approximate surface area is 154 Å². The summed E-state index contributed by atoms with van der Waals surface area (Å²) in [6.45, 7) is 5.97. The first kappa shape index (κ1) is 17.9. The molecule has 0 saturated carbocycles. The highest BCUT2D eigenvalue weighted by molar-refractivity contribution is 7.86. The van der Waals surface area contributed by atoms with Crippen LogP contribution in [-0.4, -0.2) is 67.8 Å². The first-order chi connectivity index (χ1) is 12.1. The molecule has 0 bridgehead atoms. The molecule has 25 heavy (non-hydrogen) atoms. The van der Waals surface area contributed by atoms with E-state index in [-0.39, 0.29) is 0 Å². The van der Waals surface area contributed by atoms with Crippen LogP contribution in [0.5, 0.6) is 0 Å². The van der Waals surface area contributed by atoms with E-state index in [9.17, 15) is 8.42 Å². The van der Waals surface area contributed by atoms with E-state index in [1.165, 1.54) is 9.75 Å². The van der Waals surface area contributed by atoms with Crippen LogP contribution < -0.4 is 0 Å². The topological polar surface area (TPSA) is 53.1 Å². The molecule has 1 atom stereocenters. The van der Waals surface area contributed by atoms with Crippen molar-refractivity contribution in [1.29, 1.82) is 0 Å². The predicted octanol–water partition coefficient (Wildman–Crippen LogP) is 2.06. The Morgan fingerprint density at radius 1 is 1.00 bits per heavy atom. The third-order valence-corrected chi connectivity index (χ3v) is 8.56. The Hall–Kier alpha value is -0.510. The van der Waals surface area contributed by atoms with E-state index in [1.807, 2.05) is 11.3 Å². The molecule has 0 radical (unpaired) electrons. The molecule has 8 heteroatoms. The zero-order valence-electron chi connectivity index (χ0n) is 14.6. The Morgan fingerprint density at radius 2 is 1.72 bits per heavy atom. The fourth-order valence-electron chi connectivity index (χ4n) is 3.88. The van der Waals surface area contributed by atoms with Crippen LogP contribution in [0.3, 0.4) is 0 Å². The maximum Gasteiger partial charge on any atom is 0.282 e. The first-order valence-corrected chi connectivity index (χ1v) is 11.5. The van der Waals surface area contributed by atoms with Crippen molar-refractivity contribution in [1.82, 2.24) is 13.5 Å². The first-order valence-electron chi connectivity index (χ1n) is 9.31. The molecule has 3 fully saturated rings. The van der Waals surface area contributed by atoms with E-state index in [2.05, 4.69) is 17.0 Å². The average Bonchev–Trinajstić information content (AvgIpc) is 3.37. The number of hydrogen-bond donors (Lipinski definition) is 0. The largest absolute Gasteiger partial charge is 0.373 e. The van der Waals surface area contributed by atoms with Crippen molar-refractivity contribution in [3.05, 3.63) is 21.9 Å². The lowest BCUT2D eigenvalue weighted by Gasteiger charge is -2.35. The molecule has 140 valence electrons. The Kier molecular flexibility index (Phi) is 5.45. The molecule has 3 aliphatic heterocycles. The standard InChI is InChI=1S/C17H27N3O3S2/c21-25(22,19-7-1-2-8-19)20-11-9-18(10-12-20)14-15-5-6-17(24-15)16-4-3-13-23-16/h5-6,16H,1-4,7-14H2. The molecule has 0 aromatic carbocycles. The highest BCUT2D eigenvalue weighted by Crippen LogP contribution is 2.33. The van der Waals surface area contributed by atoms with Gasteiger partial charge in [0.25, 0.3) is 10.2 Å².